The average Bonchev–Trinajstić information content (AvgIpc) is 2.22. The number of hydrogen-bond donors (Lipinski definition) is 4. The molecule has 8 nitrogen and oxygen atoms in total. The normalized spacial score (nSPS) is 11.6. The molecule has 0 spiro atoms. The predicted octanol–water partition coefficient (Wildman–Crippen LogP) is -0.275. The van der Waals surface area contributed by atoms with Crippen LogP contribution in [0.15, 0.2) is 0 Å². The number of nitrogens with zero attached hydrogens (tertiary/aromatic N) is 1. The Morgan fingerprint density at radius 3 is 2.19 bits per heavy atom. The van der Waals surface area contributed by atoms with Crippen molar-refractivity contribution < 1.29 is 29.8 Å². The number of aliphatic carboxylic acids is 2. The number of carbonyl (C=O) groups excluding carboxylic acids is 1. The highest BCUT2D eigenvalue weighted by molar-refractivity contribution is 5.82. The van der Waals surface area contributed by atoms with Gasteiger partial charge in [-0.05, 0) is 13.3 Å². The zero-order valence-corrected chi connectivity index (χ0v) is 8.71. The van der Waals surface area contributed by atoms with Crippen LogP contribution in [0.1, 0.15) is 19.8 Å². The average molecular weight is 234 g/mol. The zero-order chi connectivity index (χ0) is 12.7. The van der Waals surface area contributed by atoms with Crippen molar-refractivity contribution in [1.82, 2.24) is 10.4 Å². The summed E-state index contributed by atoms with van der Waals surface area (Å²) in [6.45, 7) is 1.56. The minimum absolute atomic E-state index is 0.0446. The lowest BCUT2D eigenvalue weighted by Gasteiger charge is -2.26. The van der Waals surface area contributed by atoms with Crippen molar-refractivity contribution in [3.05, 3.63) is 0 Å². The second-order valence-corrected chi connectivity index (χ2v) is 2.99. The van der Waals surface area contributed by atoms with E-state index >= 15 is 0 Å². The van der Waals surface area contributed by atoms with E-state index < -0.39 is 24.0 Å². The lowest BCUT2D eigenvalue weighted by Crippen LogP contribution is -2.48. The molecule has 0 aliphatic carbocycles. The highest BCUT2D eigenvalue weighted by Crippen LogP contribution is 2.08. The summed E-state index contributed by atoms with van der Waals surface area (Å²) >= 11 is 0. The summed E-state index contributed by atoms with van der Waals surface area (Å²) in [5.74, 6) is -2.46. The van der Waals surface area contributed by atoms with E-state index in [0.717, 1.165) is 4.90 Å². The molecule has 8 heteroatoms. The van der Waals surface area contributed by atoms with E-state index in [-0.39, 0.29) is 19.4 Å². The first-order chi connectivity index (χ1) is 7.43. The molecule has 92 valence electrons. The first kappa shape index (κ1) is 14.2. The molecule has 0 aromatic rings. The van der Waals surface area contributed by atoms with Gasteiger partial charge in [-0.25, -0.2) is 15.1 Å². The molecule has 4 N–H and O–H groups in total. The van der Waals surface area contributed by atoms with Crippen molar-refractivity contribution in [1.29, 1.82) is 0 Å². The fraction of sp³-hybridized carbons (Fsp3) is 0.625. The molecule has 0 saturated heterocycles. The highest BCUT2D eigenvalue weighted by Gasteiger charge is 2.28. The first-order valence-electron chi connectivity index (χ1n) is 4.59. The quantitative estimate of drug-likeness (QED) is 0.370. The summed E-state index contributed by atoms with van der Waals surface area (Å²) in [5, 5.41) is 25.7. The maximum Gasteiger partial charge on any atom is 0.341 e. The molecule has 0 fully saturated rings. The van der Waals surface area contributed by atoms with E-state index in [9.17, 15) is 14.4 Å². The molecule has 0 aliphatic heterocycles. The highest BCUT2D eigenvalue weighted by atomic mass is 16.5. The number of amides is 2. The summed E-state index contributed by atoms with van der Waals surface area (Å²) in [6, 6.07) is -2.24. The Hall–Kier alpha value is -1.83. The Kier molecular flexibility index (Phi) is 5.86. The van der Waals surface area contributed by atoms with Gasteiger partial charge in [-0.3, -0.25) is 10.0 Å². The number of urea groups is 1. The Morgan fingerprint density at radius 1 is 1.31 bits per heavy atom. The van der Waals surface area contributed by atoms with Crippen molar-refractivity contribution in [3.8, 4) is 0 Å². The lowest BCUT2D eigenvalue weighted by atomic mass is 10.1. The minimum Gasteiger partial charge on any atom is -0.481 e. The Bertz CT molecular complexity index is 280. The van der Waals surface area contributed by atoms with Crippen molar-refractivity contribution in [3.63, 3.8) is 0 Å². The van der Waals surface area contributed by atoms with E-state index in [0.29, 0.717) is 0 Å². The Balaban J connectivity index is 4.66. The van der Waals surface area contributed by atoms with Gasteiger partial charge in [0.15, 0.2) is 0 Å². The molecule has 0 bridgehead atoms. The standard InChI is InChI=1S/C8H14N2O6/c1-2-10(8(15)9-16)5(7(13)14)3-4-6(11)12/h5,16H,2-4H2,1H3,(H,9,15)(H,11,12)(H,13,14). The van der Waals surface area contributed by atoms with Crippen molar-refractivity contribution >= 4 is 18.0 Å². The number of carbonyl (C=O) groups is 3. The second-order valence-electron chi connectivity index (χ2n) is 2.99. The largest absolute Gasteiger partial charge is 0.481 e. The van der Waals surface area contributed by atoms with Gasteiger partial charge in [0.1, 0.15) is 6.04 Å². The molecule has 0 rings (SSSR count). The molecule has 1 unspecified atom stereocenters. The smallest absolute Gasteiger partial charge is 0.341 e. The van der Waals surface area contributed by atoms with E-state index in [4.69, 9.17) is 15.4 Å². The molecular formula is C8H14N2O6. The summed E-state index contributed by atoms with van der Waals surface area (Å²) in [6.07, 6.45) is -0.585. The molecule has 1 atom stereocenters. The third-order valence-electron chi connectivity index (χ3n) is 1.99. The first-order valence-corrected chi connectivity index (χ1v) is 4.59. The fourth-order valence-electron chi connectivity index (χ4n) is 1.24. The molecule has 0 aliphatic rings. The number of hydrogen-bond acceptors (Lipinski definition) is 4. The zero-order valence-electron chi connectivity index (χ0n) is 8.71. The van der Waals surface area contributed by atoms with Crippen LogP contribution in [0.5, 0.6) is 0 Å². The number of likely N-dealkylation sites (N-methyl/N-ethyl adjacent to an activating group) is 1. The van der Waals surface area contributed by atoms with Crippen LogP contribution in [0.2, 0.25) is 0 Å². The van der Waals surface area contributed by atoms with Gasteiger partial charge in [0.25, 0.3) is 0 Å². The number of carboxylic acid groups (broad SMARTS) is 2. The Morgan fingerprint density at radius 2 is 1.88 bits per heavy atom. The summed E-state index contributed by atoms with van der Waals surface area (Å²) < 4.78 is 0. The van der Waals surface area contributed by atoms with Crippen LogP contribution in [0.25, 0.3) is 0 Å². The van der Waals surface area contributed by atoms with E-state index in [1.165, 1.54) is 12.4 Å². The van der Waals surface area contributed by atoms with Crippen LogP contribution < -0.4 is 5.48 Å². The molecule has 0 aromatic carbocycles. The van der Waals surface area contributed by atoms with Gasteiger partial charge in [-0.15, -0.1) is 0 Å². The van der Waals surface area contributed by atoms with Gasteiger partial charge in [-0.1, -0.05) is 0 Å². The number of nitrogens with one attached hydrogen (secondary N) is 1. The molecule has 0 radical (unpaired) electrons. The van der Waals surface area contributed by atoms with Crippen LogP contribution in [-0.4, -0.2) is 50.9 Å². The van der Waals surface area contributed by atoms with Crippen LogP contribution in [0.4, 0.5) is 4.79 Å². The van der Waals surface area contributed by atoms with Gasteiger partial charge in [0.05, 0.1) is 0 Å². The number of carboxylic acids is 2. The molecule has 0 saturated carbocycles. The van der Waals surface area contributed by atoms with Gasteiger partial charge >= 0.3 is 18.0 Å². The molecule has 0 aromatic heterocycles. The third-order valence-corrected chi connectivity index (χ3v) is 1.99. The molecule has 0 heterocycles. The van der Waals surface area contributed by atoms with E-state index in [1.807, 2.05) is 0 Å². The third kappa shape index (κ3) is 4.13. The van der Waals surface area contributed by atoms with Crippen LogP contribution in [0.3, 0.4) is 0 Å². The second kappa shape index (κ2) is 6.62. The predicted molar refractivity (Wildman–Crippen MR) is 51.0 cm³/mol. The molecular weight excluding hydrogens is 220 g/mol. The summed E-state index contributed by atoms with van der Waals surface area (Å²) in [5.41, 5.74) is 1.32. The fourth-order valence-corrected chi connectivity index (χ4v) is 1.24. The van der Waals surface area contributed by atoms with Crippen molar-refractivity contribution in [2.75, 3.05) is 6.54 Å². The number of rotatable bonds is 6. The van der Waals surface area contributed by atoms with Crippen molar-refractivity contribution in [2.24, 2.45) is 0 Å². The van der Waals surface area contributed by atoms with Gasteiger partial charge in [-0.2, -0.15) is 0 Å². The van der Waals surface area contributed by atoms with E-state index in [1.54, 1.807) is 0 Å². The SMILES string of the molecule is CCN(C(=O)NO)C(CCC(=O)O)C(=O)O. The van der Waals surface area contributed by atoms with Gasteiger partial charge < -0.3 is 15.1 Å². The van der Waals surface area contributed by atoms with Crippen LogP contribution >= 0.6 is 0 Å². The van der Waals surface area contributed by atoms with Gasteiger partial charge in [0, 0.05) is 13.0 Å². The van der Waals surface area contributed by atoms with Gasteiger partial charge in [0.2, 0.25) is 0 Å². The summed E-state index contributed by atoms with van der Waals surface area (Å²) in [4.78, 5) is 33.1. The molecule has 16 heavy (non-hydrogen) atoms. The number of hydroxylamine groups is 1. The maximum atomic E-state index is 11.1. The van der Waals surface area contributed by atoms with Crippen LogP contribution in [-0.2, 0) is 9.59 Å². The summed E-state index contributed by atoms with van der Waals surface area (Å²) in [7, 11) is 0. The maximum absolute atomic E-state index is 11.1. The monoisotopic (exact) mass is 234 g/mol. The minimum atomic E-state index is -1.31. The topological polar surface area (TPSA) is 127 Å². The van der Waals surface area contributed by atoms with Crippen LogP contribution in [0, 0.1) is 0 Å². The Labute approximate surface area is 91.4 Å². The van der Waals surface area contributed by atoms with Crippen molar-refractivity contribution in [2.45, 2.75) is 25.8 Å². The lowest BCUT2D eigenvalue weighted by molar-refractivity contribution is -0.143. The van der Waals surface area contributed by atoms with E-state index in [2.05, 4.69) is 0 Å². The molecule has 2 amide bonds.